The summed E-state index contributed by atoms with van der Waals surface area (Å²) >= 11 is 0. The monoisotopic (exact) mass is 419 g/mol. The van der Waals surface area contributed by atoms with Crippen LogP contribution in [0.1, 0.15) is 54.8 Å². The number of aryl methyl sites for hydroxylation is 1. The predicted molar refractivity (Wildman–Crippen MR) is 127 cm³/mol. The number of nitrogens with one attached hydrogen (secondary N) is 1. The molecule has 164 valence electrons. The van der Waals surface area contributed by atoms with Crippen LogP contribution in [-0.2, 0) is 6.42 Å². The molecule has 6 heteroatoms. The molecule has 3 aromatic rings. The largest absolute Gasteiger partial charge is 0.354 e. The number of anilines is 1. The third-order valence-electron chi connectivity index (χ3n) is 6.12. The van der Waals surface area contributed by atoms with E-state index in [2.05, 4.69) is 60.5 Å². The lowest BCUT2D eigenvalue weighted by atomic mass is 10.0. The molecule has 1 aliphatic carbocycles. The van der Waals surface area contributed by atoms with Crippen molar-refractivity contribution in [3.05, 3.63) is 63.6 Å². The third kappa shape index (κ3) is 5.13. The quantitative estimate of drug-likeness (QED) is 0.555. The highest BCUT2D eigenvalue weighted by Gasteiger charge is 2.22. The zero-order valence-electron chi connectivity index (χ0n) is 18.9. The first kappa shape index (κ1) is 21.5. The van der Waals surface area contributed by atoms with Gasteiger partial charge in [-0.25, -0.2) is 4.98 Å². The fourth-order valence-corrected chi connectivity index (χ4v) is 4.41. The number of aromatic nitrogens is 3. The van der Waals surface area contributed by atoms with Gasteiger partial charge in [-0.2, -0.15) is 4.98 Å². The molecule has 0 amide bonds. The lowest BCUT2D eigenvalue weighted by molar-refractivity contribution is 0.405. The number of benzene rings is 1. The number of nitrogens with zero attached hydrogens (tertiary/aromatic N) is 4. The van der Waals surface area contributed by atoms with Crippen LogP contribution in [0.15, 0.2) is 41.3 Å². The van der Waals surface area contributed by atoms with Gasteiger partial charge in [0.25, 0.3) is 5.56 Å². The molecule has 0 bridgehead atoms. The van der Waals surface area contributed by atoms with Crippen LogP contribution in [0, 0.1) is 6.92 Å². The molecule has 0 radical (unpaired) electrons. The van der Waals surface area contributed by atoms with Crippen molar-refractivity contribution >= 4 is 17.0 Å². The van der Waals surface area contributed by atoms with Crippen molar-refractivity contribution in [3.8, 4) is 0 Å². The Labute approximate surface area is 184 Å². The Morgan fingerprint density at radius 2 is 1.90 bits per heavy atom. The van der Waals surface area contributed by atoms with Crippen LogP contribution >= 0.6 is 0 Å². The van der Waals surface area contributed by atoms with E-state index >= 15 is 0 Å². The van der Waals surface area contributed by atoms with Crippen LogP contribution in [0.3, 0.4) is 0 Å². The fraction of sp³-hybridized carbons (Fsp3) is 0.480. The first-order chi connectivity index (χ1) is 15.0. The van der Waals surface area contributed by atoms with Crippen molar-refractivity contribution in [1.82, 2.24) is 19.4 Å². The second kappa shape index (κ2) is 9.60. The molecule has 0 saturated heterocycles. The summed E-state index contributed by atoms with van der Waals surface area (Å²) in [7, 11) is 4.14. The molecule has 0 aliphatic heterocycles. The minimum atomic E-state index is 0.0947. The van der Waals surface area contributed by atoms with Gasteiger partial charge < -0.3 is 10.2 Å². The number of fused-ring (bicyclic) bond motifs is 1. The Bertz CT molecular complexity index is 1080. The summed E-state index contributed by atoms with van der Waals surface area (Å²) in [4.78, 5) is 25.0. The van der Waals surface area contributed by atoms with E-state index in [4.69, 9.17) is 4.98 Å². The summed E-state index contributed by atoms with van der Waals surface area (Å²) in [5.74, 6) is 0.601. The SMILES string of the molecule is Cc1ccc(Cc2cc3cnc(NCCCN(C)C)nc3n(C3CCCC3)c2=O)cc1. The summed E-state index contributed by atoms with van der Waals surface area (Å²) in [5.41, 5.74) is 4.05. The van der Waals surface area contributed by atoms with Crippen LogP contribution < -0.4 is 10.9 Å². The number of hydrogen-bond acceptors (Lipinski definition) is 5. The molecule has 2 aromatic heterocycles. The van der Waals surface area contributed by atoms with E-state index in [9.17, 15) is 4.79 Å². The van der Waals surface area contributed by atoms with Crippen LogP contribution in [0.25, 0.3) is 11.0 Å². The molecule has 0 atom stereocenters. The number of rotatable bonds is 8. The Hall–Kier alpha value is -2.73. The molecule has 1 aromatic carbocycles. The minimum Gasteiger partial charge on any atom is -0.354 e. The van der Waals surface area contributed by atoms with Gasteiger partial charge in [0.15, 0.2) is 0 Å². The summed E-state index contributed by atoms with van der Waals surface area (Å²) in [6.45, 7) is 3.90. The molecular weight excluding hydrogens is 386 g/mol. The maximum absolute atomic E-state index is 13.6. The van der Waals surface area contributed by atoms with Crippen LogP contribution in [-0.4, -0.2) is 46.6 Å². The Balaban J connectivity index is 1.68. The summed E-state index contributed by atoms with van der Waals surface area (Å²) in [6, 6.07) is 10.6. The molecule has 0 unspecified atom stereocenters. The molecule has 31 heavy (non-hydrogen) atoms. The second-order valence-electron chi connectivity index (χ2n) is 9.00. The average Bonchev–Trinajstić information content (AvgIpc) is 3.28. The van der Waals surface area contributed by atoms with Crippen molar-refractivity contribution in [1.29, 1.82) is 0 Å². The van der Waals surface area contributed by atoms with Gasteiger partial charge in [0, 0.05) is 36.2 Å². The summed E-state index contributed by atoms with van der Waals surface area (Å²) in [6.07, 6.45) is 7.92. The van der Waals surface area contributed by atoms with Crippen molar-refractivity contribution < 1.29 is 0 Å². The highest BCUT2D eigenvalue weighted by molar-refractivity contribution is 5.76. The van der Waals surface area contributed by atoms with Gasteiger partial charge in [0.05, 0.1) is 0 Å². The van der Waals surface area contributed by atoms with E-state index in [0.29, 0.717) is 12.4 Å². The molecule has 1 fully saturated rings. The number of hydrogen-bond donors (Lipinski definition) is 1. The molecular formula is C25H33N5O. The normalized spacial score (nSPS) is 14.6. The predicted octanol–water partition coefficient (Wildman–Crippen LogP) is 4.17. The summed E-state index contributed by atoms with van der Waals surface area (Å²) in [5, 5.41) is 4.26. The Kier molecular flexibility index (Phi) is 6.66. The Morgan fingerprint density at radius 3 is 2.61 bits per heavy atom. The Morgan fingerprint density at radius 1 is 1.16 bits per heavy atom. The molecule has 0 spiro atoms. The van der Waals surface area contributed by atoms with Gasteiger partial charge >= 0.3 is 0 Å². The van der Waals surface area contributed by atoms with Crippen LogP contribution in [0.4, 0.5) is 5.95 Å². The molecule has 1 aliphatic rings. The first-order valence-corrected chi connectivity index (χ1v) is 11.4. The van der Waals surface area contributed by atoms with E-state index in [1.807, 2.05) is 16.8 Å². The van der Waals surface area contributed by atoms with E-state index in [0.717, 1.165) is 54.5 Å². The van der Waals surface area contributed by atoms with Gasteiger partial charge in [-0.05, 0) is 58.5 Å². The van der Waals surface area contributed by atoms with Gasteiger partial charge in [0.1, 0.15) is 5.65 Å². The van der Waals surface area contributed by atoms with Crippen molar-refractivity contribution in [3.63, 3.8) is 0 Å². The average molecular weight is 420 g/mol. The minimum absolute atomic E-state index is 0.0947. The fourth-order valence-electron chi connectivity index (χ4n) is 4.41. The third-order valence-corrected chi connectivity index (χ3v) is 6.12. The van der Waals surface area contributed by atoms with Crippen molar-refractivity contribution in [2.45, 2.75) is 51.5 Å². The molecule has 2 heterocycles. The van der Waals surface area contributed by atoms with Gasteiger partial charge in [0.2, 0.25) is 5.95 Å². The zero-order chi connectivity index (χ0) is 21.8. The second-order valence-corrected chi connectivity index (χ2v) is 9.00. The van der Waals surface area contributed by atoms with Crippen LogP contribution in [0.2, 0.25) is 0 Å². The smallest absolute Gasteiger partial charge is 0.256 e. The maximum Gasteiger partial charge on any atom is 0.256 e. The van der Waals surface area contributed by atoms with Gasteiger partial charge in [-0.1, -0.05) is 42.7 Å². The highest BCUT2D eigenvalue weighted by atomic mass is 16.1. The van der Waals surface area contributed by atoms with Crippen molar-refractivity contribution in [2.75, 3.05) is 32.5 Å². The standard InChI is InChI=1S/C25H33N5O/c1-18-9-11-19(12-10-18)15-20-16-21-17-27-25(26-13-6-14-29(2)3)28-23(21)30(24(20)31)22-7-4-5-8-22/h9-12,16-17,22H,4-8,13-15H2,1-3H3,(H,26,27,28). The first-order valence-electron chi connectivity index (χ1n) is 11.4. The topological polar surface area (TPSA) is 63.1 Å². The lowest BCUT2D eigenvalue weighted by Gasteiger charge is -2.18. The molecule has 1 saturated carbocycles. The highest BCUT2D eigenvalue weighted by Crippen LogP contribution is 2.31. The van der Waals surface area contributed by atoms with Gasteiger partial charge in [-0.15, -0.1) is 0 Å². The lowest BCUT2D eigenvalue weighted by Crippen LogP contribution is -2.28. The maximum atomic E-state index is 13.6. The van der Waals surface area contributed by atoms with E-state index < -0.39 is 0 Å². The van der Waals surface area contributed by atoms with Crippen LogP contribution in [0.5, 0.6) is 0 Å². The van der Waals surface area contributed by atoms with E-state index in [1.165, 1.54) is 18.4 Å². The van der Waals surface area contributed by atoms with Gasteiger partial charge in [-0.3, -0.25) is 9.36 Å². The zero-order valence-corrected chi connectivity index (χ0v) is 18.9. The summed E-state index contributed by atoms with van der Waals surface area (Å²) < 4.78 is 1.96. The molecule has 4 rings (SSSR count). The molecule has 1 N–H and O–H groups in total. The van der Waals surface area contributed by atoms with E-state index in [1.54, 1.807) is 0 Å². The number of pyridine rings is 1. The van der Waals surface area contributed by atoms with E-state index in [-0.39, 0.29) is 11.6 Å². The van der Waals surface area contributed by atoms with Crippen molar-refractivity contribution in [2.24, 2.45) is 0 Å². The molecule has 6 nitrogen and oxygen atoms in total.